The van der Waals surface area contributed by atoms with Crippen LogP contribution in [0.5, 0.6) is 0 Å². The van der Waals surface area contributed by atoms with Gasteiger partial charge in [-0.25, -0.2) is 14.2 Å². The monoisotopic (exact) mass is 482 g/mol. The number of aromatic nitrogens is 1. The first-order valence-electron chi connectivity index (χ1n) is 11.9. The first-order chi connectivity index (χ1) is 16.7. The number of fused-ring (bicyclic) bond motifs is 2. The summed E-state index contributed by atoms with van der Waals surface area (Å²) in [5.41, 5.74) is 3.09. The molecule has 1 aromatic heterocycles. The van der Waals surface area contributed by atoms with Gasteiger partial charge in [-0.05, 0) is 55.9 Å². The number of hydrogen-bond donors (Lipinski definition) is 1. The molecule has 0 fully saturated rings. The number of rotatable bonds is 8. The number of hydrogen-bond acceptors (Lipinski definition) is 7. The second kappa shape index (κ2) is 9.87. The highest BCUT2D eigenvalue weighted by atomic mass is 19.1. The van der Waals surface area contributed by atoms with E-state index in [0.717, 1.165) is 35.8 Å². The lowest BCUT2D eigenvalue weighted by Gasteiger charge is -2.32. The molecule has 2 aliphatic heterocycles. The number of unbranched alkanes of at least 4 members (excludes halogenated alkanes) is 1. The molecule has 0 saturated heterocycles. The molecule has 1 aromatic carbocycles. The number of aliphatic hydroxyl groups is 1. The highest BCUT2D eigenvalue weighted by Crippen LogP contribution is 2.40. The molecule has 2 aromatic rings. The fourth-order valence-corrected chi connectivity index (χ4v) is 4.89. The standard InChI is InChI=1S/C27H31FN2O5/c1-5-27(33)21(17(14-31)15-35-26(27)32)11-24-25-20(13-30(24)3)18(8-6-7-9-34-4)19-10-16(2)22(28)12-23(19)29-25/h10-12,14,33H,5-9,13,15H2,1-4H3/b24-11-/t27-/m0/s1. The van der Waals surface area contributed by atoms with Crippen LogP contribution in [0.2, 0.25) is 0 Å². The van der Waals surface area contributed by atoms with Crippen molar-refractivity contribution in [3.63, 3.8) is 0 Å². The van der Waals surface area contributed by atoms with Gasteiger partial charge < -0.3 is 19.5 Å². The van der Waals surface area contributed by atoms with Crippen molar-refractivity contribution in [1.29, 1.82) is 0 Å². The molecule has 1 atom stereocenters. The number of carbonyl (C=O) groups is 2. The summed E-state index contributed by atoms with van der Waals surface area (Å²) in [7, 11) is 3.57. The van der Waals surface area contributed by atoms with Crippen molar-refractivity contribution in [3.05, 3.63) is 57.6 Å². The molecule has 8 heteroatoms. The molecular weight excluding hydrogens is 451 g/mol. The Kier molecular flexibility index (Phi) is 7.05. The van der Waals surface area contributed by atoms with Crippen molar-refractivity contribution in [2.24, 2.45) is 0 Å². The number of carbonyl (C=O) groups excluding carboxylic acids is 2. The third kappa shape index (κ3) is 4.36. The van der Waals surface area contributed by atoms with Gasteiger partial charge in [0.25, 0.3) is 0 Å². The lowest BCUT2D eigenvalue weighted by molar-refractivity contribution is -0.162. The van der Waals surface area contributed by atoms with Gasteiger partial charge in [-0.3, -0.25) is 4.79 Å². The predicted octanol–water partition coefficient (Wildman–Crippen LogP) is 3.63. The van der Waals surface area contributed by atoms with Crippen molar-refractivity contribution >= 4 is 28.9 Å². The van der Waals surface area contributed by atoms with Crippen molar-refractivity contribution in [1.82, 2.24) is 9.88 Å². The number of aldehydes is 1. The minimum atomic E-state index is -1.92. The molecule has 0 aliphatic carbocycles. The van der Waals surface area contributed by atoms with E-state index in [1.165, 1.54) is 6.07 Å². The number of esters is 1. The number of ether oxygens (including phenoxy) is 2. The number of halogens is 1. The molecule has 0 amide bonds. The van der Waals surface area contributed by atoms with Crippen LogP contribution in [0.15, 0.2) is 29.4 Å². The molecule has 7 nitrogen and oxygen atoms in total. The molecule has 2 aliphatic rings. The largest absolute Gasteiger partial charge is 0.458 e. The normalized spacial score (nSPS) is 21.1. The van der Waals surface area contributed by atoms with Crippen molar-refractivity contribution in [2.75, 3.05) is 27.4 Å². The molecule has 0 unspecified atom stereocenters. The number of methoxy groups -OCH3 is 1. The van der Waals surface area contributed by atoms with Crippen LogP contribution in [0.3, 0.4) is 0 Å². The fraction of sp³-hybridized carbons (Fsp3) is 0.444. The quantitative estimate of drug-likeness (QED) is 0.349. The summed E-state index contributed by atoms with van der Waals surface area (Å²) in [6, 6.07) is 3.31. The summed E-state index contributed by atoms with van der Waals surface area (Å²) in [4.78, 5) is 31.0. The van der Waals surface area contributed by atoms with Gasteiger partial charge in [0.15, 0.2) is 5.60 Å². The second-order valence-corrected chi connectivity index (χ2v) is 9.22. The Bertz CT molecular complexity index is 1250. The smallest absolute Gasteiger partial charge is 0.343 e. The summed E-state index contributed by atoms with van der Waals surface area (Å²) >= 11 is 0. The van der Waals surface area contributed by atoms with Gasteiger partial charge in [-0.15, -0.1) is 0 Å². The van der Waals surface area contributed by atoms with Gasteiger partial charge in [0.2, 0.25) is 0 Å². The molecule has 0 spiro atoms. The summed E-state index contributed by atoms with van der Waals surface area (Å²) in [5.74, 6) is -1.10. The van der Waals surface area contributed by atoms with Crippen molar-refractivity contribution < 1.29 is 28.6 Å². The van der Waals surface area contributed by atoms with Crippen LogP contribution in [0, 0.1) is 12.7 Å². The molecule has 4 rings (SSSR count). The van der Waals surface area contributed by atoms with E-state index in [1.807, 2.05) is 18.0 Å². The maximum Gasteiger partial charge on any atom is 0.343 e. The summed E-state index contributed by atoms with van der Waals surface area (Å²) in [6.07, 6.45) is 4.92. The molecule has 0 bridgehead atoms. The number of cyclic esters (lactones) is 1. The average Bonchev–Trinajstić information content (AvgIpc) is 3.15. The third-order valence-electron chi connectivity index (χ3n) is 6.98. The molecule has 1 N–H and O–H groups in total. The zero-order chi connectivity index (χ0) is 25.3. The minimum Gasteiger partial charge on any atom is -0.458 e. The molecular formula is C27H31FN2O5. The fourth-order valence-electron chi connectivity index (χ4n) is 4.89. The second-order valence-electron chi connectivity index (χ2n) is 9.22. The van der Waals surface area contributed by atoms with Crippen LogP contribution in [-0.4, -0.2) is 60.2 Å². The van der Waals surface area contributed by atoms with E-state index >= 15 is 0 Å². The Hall–Kier alpha value is -3.10. The first kappa shape index (κ1) is 25.0. The topological polar surface area (TPSA) is 89.0 Å². The van der Waals surface area contributed by atoms with Crippen LogP contribution >= 0.6 is 0 Å². The van der Waals surface area contributed by atoms with Gasteiger partial charge in [0.05, 0.1) is 16.9 Å². The highest BCUT2D eigenvalue weighted by Gasteiger charge is 2.44. The molecule has 0 saturated carbocycles. The van der Waals surface area contributed by atoms with E-state index in [9.17, 15) is 19.1 Å². The van der Waals surface area contributed by atoms with E-state index in [0.29, 0.717) is 41.9 Å². The van der Waals surface area contributed by atoms with Crippen LogP contribution < -0.4 is 0 Å². The van der Waals surface area contributed by atoms with Crippen LogP contribution in [0.4, 0.5) is 4.39 Å². The highest BCUT2D eigenvalue weighted by molar-refractivity contribution is 5.93. The number of aryl methyl sites for hydroxylation is 2. The minimum absolute atomic E-state index is 0.0548. The SMILES string of the molecule is CC[C@@]1(O)C(=O)OCC(C=O)=C1/C=C1/c2nc3cc(F)c(C)cc3c(CCCCOC)c2CN1C. The Balaban J connectivity index is 1.91. The predicted molar refractivity (Wildman–Crippen MR) is 130 cm³/mol. The summed E-state index contributed by atoms with van der Waals surface area (Å²) in [6.45, 7) is 4.45. The first-order valence-corrected chi connectivity index (χ1v) is 11.9. The summed E-state index contributed by atoms with van der Waals surface area (Å²) < 4.78 is 24.8. The van der Waals surface area contributed by atoms with Crippen LogP contribution in [0.1, 0.15) is 48.6 Å². The average molecular weight is 483 g/mol. The van der Waals surface area contributed by atoms with Gasteiger partial charge >= 0.3 is 5.97 Å². The Labute approximate surface area is 204 Å². The zero-order valence-corrected chi connectivity index (χ0v) is 20.6. The van der Waals surface area contributed by atoms with Crippen molar-refractivity contribution in [2.45, 2.75) is 51.7 Å². The van der Waals surface area contributed by atoms with E-state index in [2.05, 4.69) is 0 Å². The molecule has 0 radical (unpaired) electrons. The van der Waals surface area contributed by atoms with Crippen molar-refractivity contribution in [3.8, 4) is 0 Å². The lowest BCUT2D eigenvalue weighted by Crippen LogP contribution is -2.45. The Morgan fingerprint density at radius 2 is 2.11 bits per heavy atom. The Morgan fingerprint density at radius 3 is 2.80 bits per heavy atom. The van der Waals surface area contributed by atoms with Gasteiger partial charge in [-0.2, -0.15) is 0 Å². The van der Waals surface area contributed by atoms with E-state index in [4.69, 9.17) is 14.5 Å². The number of pyridine rings is 1. The molecule has 3 heterocycles. The van der Waals surface area contributed by atoms with Crippen LogP contribution in [-0.2, 0) is 32.0 Å². The zero-order valence-electron chi connectivity index (χ0n) is 20.6. The number of benzene rings is 1. The van der Waals surface area contributed by atoms with Gasteiger partial charge in [0, 0.05) is 55.5 Å². The van der Waals surface area contributed by atoms with E-state index in [-0.39, 0.29) is 30.0 Å². The van der Waals surface area contributed by atoms with E-state index in [1.54, 1.807) is 27.0 Å². The third-order valence-corrected chi connectivity index (χ3v) is 6.98. The lowest BCUT2D eigenvalue weighted by atomic mass is 9.85. The Morgan fingerprint density at radius 1 is 1.34 bits per heavy atom. The molecule has 186 valence electrons. The van der Waals surface area contributed by atoms with E-state index < -0.39 is 11.6 Å². The van der Waals surface area contributed by atoms with Crippen LogP contribution in [0.25, 0.3) is 16.6 Å². The molecule has 35 heavy (non-hydrogen) atoms. The van der Waals surface area contributed by atoms with Gasteiger partial charge in [-0.1, -0.05) is 6.92 Å². The maximum atomic E-state index is 14.5. The summed E-state index contributed by atoms with van der Waals surface area (Å²) in [5, 5.41) is 12.1. The maximum absolute atomic E-state index is 14.5. The number of nitrogens with zero attached hydrogens (tertiary/aromatic N) is 2. The van der Waals surface area contributed by atoms with Gasteiger partial charge in [0.1, 0.15) is 18.7 Å².